The molecule has 1 saturated carbocycles. The molecular weight excluding hydrogens is 444 g/mol. The summed E-state index contributed by atoms with van der Waals surface area (Å²) in [7, 11) is 4.69. The van der Waals surface area contributed by atoms with Crippen LogP contribution in [0.25, 0.3) is 0 Å². The number of carbonyl (C=O) groups excluding carboxylic acids is 2. The van der Waals surface area contributed by atoms with E-state index in [-0.39, 0.29) is 23.0 Å². The topological polar surface area (TPSA) is 77.1 Å². The van der Waals surface area contributed by atoms with Crippen LogP contribution in [-0.4, -0.2) is 33.0 Å². The molecule has 1 fully saturated rings. The van der Waals surface area contributed by atoms with Crippen molar-refractivity contribution in [1.82, 2.24) is 0 Å². The number of Topliss-reactive ketones (excluding diaryl/α,β-unsaturated/α-hetero) is 1. The summed E-state index contributed by atoms with van der Waals surface area (Å²) >= 11 is 0. The van der Waals surface area contributed by atoms with Crippen molar-refractivity contribution < 1.29 is 23.8 Å². The highest BCUT2D eigenvalue weighted by Gasteiger charge is 2.46. The zero-order valence-electron chi connectivity index (χ0n) is 20.9. The van der Waals surface area contributed by atoms with Gasteiger partial charge < -0.3 is 19.5 Å². The van der Waals surface area contributed by atoms with E-state index in [2.05, 4.69) is 19.2 Å². The number of para-hydroxylation sites is 2. The number of ketones is 1. The summed E-state index contributed by atoms with van der Waals surface area (Å²) in [6.07, 6.45) is 2.84. The number of allylic oxidation sites excluding steroid dienone is 1. The fourth-order valence-corrected chi connectivity index (χ4v) is 5.33. The highest BCUT2D eigenvalue weighted by molar-refractivity contribution is 6.07. The fourth-order valence-electron chi connectivity index (χ4n) is 5.33. The van der Waals surface area contributed by atoms with Crippen LogP contribution in [0.3, 0.4) is 0 Å². The average Bonchev–Trinajstić information content (AvgIpc) is 3.68. The molecule has 0 spiro atoms. The summed E-state index contributed by atoms with van der Waals surface area (Å²) in [6, 6.07) is 10.9. The minimum atomic E-state index is -0.619. The van der Waals surface area contributed by atoms with E-state index in [1.54, 1.807) is 21.3 Å². The predicted molar refractivity (Wildman–Crippen MR) is 134 cm³/mol. The second kappa shape index (κ2) is 8.63. The first-order chi connectivity index (χ1) is 16.8. The van der Waals surface area contributed by atoms with E-state index < -0.39 is 6.04 Å². The molecule has 3 aliphatic rings. The molecular formula is C28H32N2O5. The minimum absolute atomic E-state index is 0.0318. The van der Waals surface area contributed by atoms with Crippen LogP contribution in [-0.2, 0) is 9.59 Å². The minimum Gasteiger partial charge on any atom is -0.493 e. The largest absolute Gasteiger partial charge is 0.493 e. The van der Waals surface area contributed by atoms with E-state index in [0.717, 1.165) is 35.5 Å². The summed E-state index contributed by atoms with van der Waals surface area (Å²) in [5.74, 6) is 1.48. The Labute approximate surface area is 206 Å². The zero-order chi connectivity index (χ0) is 24.9. The van der Waals surface area contributed by atoms with Crippen molar-refractivity contribution in [2.75, 3.05) is 31.5 Å². The Bertz CT molecular complexity index is 1200. The third-order valence-corrected chi connectivity index (χ3v) is 7.07. The smallest absolute Gasteiger partial charge is 0.231 e. The number of amides is 1. The predicted octanol–water partition coefficient (Wildman–Crippen LogP) is 5.27. The van der Waals surface area contributed by atoms with E-state index in [0.29, 0.717) is 35.7 Å². The average molecular weight is 477 g/mol. The Morgan fingerprint density at radius 1 is 1.00 bits per heavy atom. The van der Waals surface area contributed by atoms with Crippen LogP contribution >= 0.6 is 0 Å². The molecule has 0 bridgehead atoms. The number of methoxy groups -OCH3 is 3. The van der Waals surface area contributed by atoms with Gasteiger partial charge in [-0.1, -0.05) is 26.0 Å². The van der Waals surface area contributed by atoms with Gasteiger partial charge in [-0.05, 0) is 54.5 Å². The number of fused-ring (bicyclic) bond motifs is 1. The second-order valence-corrected chi connectivity index (χ2v) is 10.3. The van der Waals surface area contributed by atoms with Gasteiger partial charge >= 0.3 is 0 Å². The number of rotatable bonds is 5. The molecule has 2 aromatic rings. The molecule has 0 aromatic heterocycles. The van der Waals surface area contributed by atoms with Gasteiger partial charge in [0.2, 0.25) is 11.7 Å². The molecule has 1 heterocycles. The van der Waals surface area contributed by atoms with Gasteiger partial charge in [-0.15, -0.1) is 0 Å². The molecule has 184 valence electrons. The maximum Gasteiger partial charge on any atom is 0.231 e. The van der Waals surface area contributed by atoms with Crippen LogP contribution in [0.2, 0.25) is 0 Å². The highest BCUT2D eigenvalue weighted by Crippen LogP contribution is 2.51. The molecule has 1 N–H and O–H groups in total. The van der Waals surface area contributed by atoms with E-state index in [9.17, 15) is 9.59 Å². The maximum absolute atomic E-state index is 13.9. The van der Waals surface area contributed by atoms with Crippen molar-refractivity contribution in [3.63, 3.8) is 0 Å². The highest BCUT2D eigenvalue weighted by atomic mass is 16.5. The van der Waals surface area contributed by atoms with E-state index >= 15 is 0 Å². The van der Waals surface area contributed by atoms with Crippen LogP contribution in [0.5, 0.6) is 17.2 Å². The molecule has 0 saturated heterocycles. The Balaban J connectivity index is 1.81. The number of hydrogen-bond donors (Lipinski definition) is 1. The SMILES string of the molecule is COc1cc([C@@H]2C3=C(CC(C)(C)CC3=O)Nc3ccccc3N2C(=O)C2CC2)cc(OC)c1OC. The molecule has 2 aromatic carbocycles. The monoisotopic (exact) mass is 476 g/mol. The number of hydrogen-bond acceptors (Lipinski definition) is 6. The first-order valence-corrected chi connectivity index (χ1v) is 12.0. The first-order valence-electron chi connectivity index (χ1n) is 12.0. The summed E-state index contributed by atoms with van der Waals surface area (Å²) in [6.45, 7) is 4.21. The van der Waals surface area contributed by atoms with Crippen molar-refractivity contribution in [1.29, 1.82) is 0 Å². The number of anilines is 2. The van der Waals surface area contributed by atoms with Crippen LogP contribution < -0.4 is 24.4 Å². The normalized spacial score (nSPS) is 20.9. The van der Waals surface area contributed by atoms with Gasteiger partial charge in [0.15, 0.2) is 17.3 Å². The van der Waals surface area contributed by atoms with Gasteiger partial charge in [0.1, 0.15) is 0 Å². The van der Waals surface area contributed by atoms with Crippen LogP contribution in [0, 0.1) is 11.3 Å². The molecule has 7 heteroatoms. The Hall–Kier alpha value is -3.48. The standard InChI is InChI=1S/C28H32N2O5/c1-28(2)14-19-24(21(31)15-28)25(17-12-22(33-3)26(35-5)23(13-17)34-4)30(27(32)16-10-11-16)20-9-7-6-8-18(20)29-19/h6-9,12-13,16,25,29H,10-11,14-15H2,1-5H3/t25-/m1/s1. The van der Waals surface area contributed by atoms with Crippen molar-refractivity contribution in [3.05, 3.63) is 53.2 Å². The van der Waals surface area contributed by atoms with E-state index in [1.165, 1.54) is 0 Å². The molecule has 1 atom stereocenters. The van der Waals surface area contributed by atoms with Crippen molar-refractivity contribution in [3.8, 4) is 17.2 Å². The number of nitrogens with one attached hydrogen (secondary N) is 1. The lowest BCUT2D eigenvalue weighted by Crippen LogP contribution is -2.40. The molecule has 7 nitrogen and oxygen atoms in total. The van der Waals surface area contributed by atoms with Gasteiger partial charge in [-0.25, -0.2) is 0 Å². The summed E-state index contributed by atoms with van der Waals surface area (Å²) < 4.78 is 16.8. The van der Waals surface area contributed by atoms with Crippen LogP contribution in [0.15, 0.2) is 47.7 Å². The maximum atomic E-state index is 13.9. The molecule has 1 amide bonds. The molecule has 5 rings (SSSR count). The van der Waals surface area contributed by atoms with Gasteiger partial charge in [0.05, 0.1) is 38.7 Å². The van der Waals surface area contributed by atoms with Gasteiger partial charge in [-0.2, -0.15) is 0 Å². The first kappa shape index (κ1) is 23.3. The Morgan fingerprint density at radius 2 is 1.66 bits per heavy atom. The number of benzene rings is 2. The lowest BCUT2D eigenvalue weighted by Gasteiger charge is -2.37. The van der Waals surface area contributed by atoms with Crippen LogP contribution in [0.1, 0.15) is 51.1 Å². The second-order valence-electron chi connectivity index (χ2n) is 10.3. The Morgan fingerprint density at radius 3 is 2.26 bits per heavy atom. The molecule has 35 heavy (non-hydrogen) atoms. The molecule has 1 aliphatic heterocycles. The summed E-state index contributed by atoms with van der Waals surface area (Å²) in [5.41, 5.74) is 3.64. The fraction of sp³-hybridized carbons (Fsp3) is 0.429. The van der Waals surface area contributed by atoms with Gasteiger partial charge in [-0.3, -0.25) is 14.5 Å². The molecule has 2 aliphatic carbocycles. The number of carbonyl (C=O) groups is 2. The third-order valence-electron chi connectivity index (χ3n) is 7.07. The van der Waals surface area contributed by atoms with Crippen molar-refractivity contribution in [2.24, 2.45) is 11.3 Å². The lowest BCUT2D eigenvalue weighted by atomic mass is 9.73. The van der Waals surface area contributed by atoms with Crippen molar-refractivity contribution >= 4 is 23.1 Å². The van der Waals surface area contributed by atoms with Crippen molar-refractivity contribution in [2.45, 2.75) is 45.6 Å². The number of ether oxygens (including phenoxy) is 3. The summed E-state index contributed by atoms with van der Waals surface area (Å²) in [5, 5.41) is 3.55. The van der Waals surface area contributed by atoms with E-state index in [1.807, 2.05) is 41.3 Å². The van der Waals surface area contributed by atoms with E-state index in [4.69, 9.17) is 14.2 Å². The zero-order valence-corrected chi connectivity index (χ0v) is 20.9. The van der Waals surface area contributed by atoms with Gasteiger partial charge in [0, 0.05) is 23.6 Å². The Kier molecular flexibility index (Phi) is 5.74. The summed E-state index contributed by atoms with van der Waals surface area (Å²) in [4.78, 5) is 29.5. The molecule has 0 radical (unpaired) electrons. The quantitative estimate of drug-likeness (QED) is 0.634. The molecule has 0 unspecified atom stereocenters. The third kappa shape index (κ3) is 4.03. The lowest BCUT2D eigenvalue weighted by molar-refractivity contribution is -0.120. The van der Waals surface area contributed by atoms with Gasteiger partial charge in [0.25, 0.3) is 0 Å². The number of nitrogens with zero attached hydrogens (tertiary/aromatic N) is 1. The van der Waals surface area contributed by atoms with Crippen LogP contribution in [0.4, 0.5) is 11.4 Å².